The van der Waals surface area contributed by atoms with Crippen LogP contribution >= 0.6 is 0 Å². The van der Waals surface area contributed by atoms with E-state index in [4.69, 9.17) is 9.72 Å². The molecule has 0 amide bonds. The highest BCUT2D eigenvalue weighted by atomic mass is 19.1. The molecule has 2 heterocycles. The maximum Gasteiger partial charge on any atom is 0.356 e. The first-order chi connectivity index (χ1) is 12.2. The van der Waals surface area contributed by atoms with E-state index in [0.29, 0.717) is 17.3 Å². The average Bonchev–Trinajstić information content (AvgIpc) is 3.20. The standard InChI is InChI=1S/C19H20FN3O2/c1-25-19(24)15-11-16-21-17(12-7-9-14(20)10-8-12)18(23(16)22-15)13-5-3-2-4-6-13/h7-11,13,22H,2-6H2,1H3. The molecule has 6 heteroatoms. The Morgan fingerprint density at radius 1 is 1.24 bits per heavy atom. The van der Waals surface area contributed by atoms with E-state index in [1.165, 1.54) is 38.5 Å². The minimum Gasteiger partial charge on any atom is -0.464 e. The van der Waals surface area contributed by atoms with E-state index in [-0.39, 0.29) is 5.82 Å². The molecule has 0 atom stereocenters. The molecule has 0 bridgehead atoms. The molecule has 1 saturated carbocycles. The first-order valence-electron chi connectivity index (χ1n) is 8.63. The number of rotatable bonds is 3. The van der Waals surface area contributed by atoms with Gasteiger partial charge in [0.1, 0.15) is 11.5 Å². The third-order valence-electron chi connectivity index (χ3n) is 4.96. The fraction of sp³-hybridized carbons (Fsp3) is 0.368. The summed E-state index contributed by atoms with van der Waals surface area (Å²) in [7, 11) is 1.36. The van der Waals surface area contributed by atoms with Crippen molar-refractivity contribution in [3.05, 3.63) is 47.5 Å². The summed E-state index contributed by atoms with van der Waals surface area (Å²) in [5, 5.41) is 3.12. The van der Waals surface area contributed by atoms with Gasteiger partial charge < -0.3 is 4.74 Å². The van der Waals surface area contributed by atoms with Crippen LogP contribution in [0.3, 0.4) is 0 Å². The maximum atomic E-state index is 13.3. The van der Waals surface area contributed by atoms with Crippen LogP contribution < -0.4 is 0 Å². The van der Waals surface area contributed by atoms with Gasteiger partial charge in [0.05, 0.1) is 18.5 Å². The predicted octanol–water partition coefficient (Wildman–Crippen LogP) is 4.30. The monoisotopic (exact) mass is 341 g/mol. The molecule has 5 nitrogen and oxygen atoms in total. The number of fused-ring (bicyclic) bond motifs is 1. The normalized spacial score (nSPS) is 15.6. The van der Waals surface area contributed by atoms with E-state index >= 15 is 0 Å². The number of carbonyl (C=O) groups is 1. The molecule has 1 aliphatic rings. The summed E-state index contributed by atoms with van der Waals surface area (Å²) in [4.78, 5) is 16.6. The van der Waals surface area contributed by atoms with Crippen LogP contribution in [0.4, 0.5) is 4.39 Å². The van der Waals surface area contributed by atoms with Crippen molar-refractivity contribution in [2.75, 3.05) is 7.11 Å². The lowest BCUT2D eigenvalue weighted by molar-refractivity contribution is 0.0593. The number of carbonyl (C=O) groups excluding carboxylic acids is 1. The lowest BCUT2D eigenvalue weighted by Gasteiger charge is -2.22. The second-order valence-electron chi connectivity index (χ2n) is 6.54. The second-order valence-corrected chi connectivity index (χ2v) is 6.54. The highest BCUT2D eigenvalue weighted by molar-refractivity contribution is 5.88. The molecule has 2 aromatic heterocycles. The molecular weight excluding hydrogens is 321 g/mol. The van der Waals surface area contributed by atoms with E-state index < -0.39 is 5.97 Å². The molecule has 0 unspecified atom stereocenters. The Morgan fingerprint density at radius 2 is 1.96 bits per heavy atom. The average molecular weight is 341 g/mol. The number of nitrogens with zero attached hydrogens (tertiary/aromatic N) is 2. The highest BCUT2D eigenvalue weighted by Gasteiger charge is 2.26. The quantitative estimate of drug-likeness (QED) is 0.723. The van der Waals surface area contributed by atoms with Crippen molar-refractivity contribution in [1.82, 2.24) is 14.6 Å². The fourth-order valence-electron chi connectivity index (χ4n) is 3.73. The Balaban J connectivity index is 1.87. The maximum absolute atomic E-state index is 13.3. The lowest BCUT2D eigenvalue weighted by atomic mass is 9.85. The van der Waals surface area contributed by atoms with Gasteiger partial charge in [0, 0.05) is 17.5 Å². The summed E-state index contributed by atoms with van der Waals surface area (Å²) in [5.74, 6) is -0.308. The third kappa shape index (κ3) is 2.81. The van der Waals surface area contributed by atoms with Crippen molar-refractivity contribution in [3.63, 3.8) is 0 Å². The van der Waals surface area contributed by atoms with Crippen LogP contribution in [0.15, 0.2) is 30.3 Å². The molecule has 130 valence electrons. The molecule has 4 rings (SSSR count). The van der Waals surface area contributed by atoms with Crippen LogP contribution in [-0.2, 0) is 4.74 Å². The summed E-state index contributed by atoms with van der Waals surface area (Å²) < 4.78 is 20.0. The van der Waals surface area contributed by atoms with Crippen molar-refractivity contribution in [1.29, 1.82) is 0 Å². The van der Waals surface area contributed by atoms with Gasteiger partial charge in [-0.3, -0.25) is 5.10 Å². The fourth-order valence-corrected chi connectivity index (χ4v) is 3.73. The molecule has 1 aromatic carbocycles. The SMILES string of the molecule is COC(=O)c1cc2nc(-c3ccc(F)cc3)c(C3CCCCC3)n2[nH]1. The molecule has 0 spiro atoms. The zero-order valence-electron chi connectivity index (χ0n) is 14.1. The van der Waals surface area contributed by atoms with Gasteiger partial charge in [-0.2, -0.15) is 0 Å². The number of methoxy groups -OCH3 is 1. The number of hydrogen-bond donors (Lipinski definition) is 1. The van der Waals surface area contributed by atoms with Crippen LogP contribution in [-0.4, -0.2) is 27.7 Å². The zero-order chi connectivity index (χ0) is 17.4. The Bertz CT molecular complexity index is 905. The molecule has 0 radical (unpaired) electrons. The topological polar surface area (TPSA) is 59.4 Å². The summed E-state index contributed by atoms with van der Waals surface area (Å²) >= 11 is 0. The summed E-state index contributed by atoms with van der Waals surface area (Å²) in [6.45, 7) is 0. The van der Waals surface area contributed by atoms with Crippen molar-refractivity contribution in [3.8, 4) is 11.3 Å². The zero-order valence-corrected chi connectivity index (χ0v) is 14.1. The van der Waals surface area contributed by atoms with E-state index in [1.54, 1.807) is 18.2 Å². The van der Waals surface area contributed by atoms with E-state index in [0.717, 1.165) is 29.8 Å². The molecule has 3 aromatic rings. The predicted molar refractivity (Wildman–Crippen MR) is 92.1 cm³/mol. The number of aromatic amines is 1. The van der Waals surface area contributed by atoms with E-state index in [1.807, 2.05) is 4.52 Å². The third-order valence-corrected chi connectivity index (χ3v) is 4.96. The minimum atomic E-state index is -0.413. The van der Waals surface area contributed by atoms with Gasteiger partial charge in [-0.05, 0) is 37.1 Å². The molecule has 1 N–H and O–H groups in total. The second kappa shape index (κ2) is 6.35. The number of benzene rings is 1. The summed E-state index contributed by atoms with van der Waals surface area (Å²) in [6, 6.07) is 8.11. The van der Waals surface area contributed by atoms with Gasteiger partial charge >= 0.3 is 5.97 Å². The smallest absolute Gasteiger partial charge is 0.356 e. The molecule has 25 heavy (non-hydrogen) atoms. The van der Waals surface area contributed by atoms with Crippen LogP contribution in [0.25, 0.3) is 16.9 Å². The van der Waals surface area contributed by atoms with Crippen molar-refractivity contribution >= 4 is 11.6 Å². The van der Waals surface area contributed by atoms with Crippen molar-refractivity contribution in [2.45, 2.75) is 38.0 Å². The van der Waals surface area contributed by atoms with Gasteiger partial charge in [-0.1, -0.05) is 19.3 Å². The highest BCUT2D eigenvalue weighted by Crippen LogP contribution is 2.38. The van der Waals surface area contributed by atoms with Crippen molar-refractivity contribution in [2.24, 2.45) is 0 Å². The molecule has 1 fully saturated rings. The minimum absolute atomic E-state index is 0.263. The first-order valence-corrected chi connectivity index (χ1v) is 8.63. The largest absolute Gasteiger partial charge is 0.464 e. The number of imidazole rings is 1. The molecule has 1 aliphatic carbocycles. The van der Waals surface area contributed by atoms with Crippen molar-refractivity contribution < 1.29 is 13.9 Å². The Labute approximate surface area is 144 Å². The number of esters is 1. The molecule has 0 aliphatic heterocycles. The van der Waals surface area contributed by atoms with E-state index in [9.17, 15) is 9.18 Å². The van der Waals surface area contributed by atoms with Crippen LogP contribution in [0.5, 0.6) is 0 Å². The van der Waals surface area contributed by atoms with Gasteiger partial charge in [0.15, 0.2) is 5.65 Å². The van der Waals surface area contributed by atoms with E-state index in [2.05, 4.69) is 5.10 Å². The summed E-state index contributed by atoms with van der Waals surface area (Å²) in [5.41, 5.74) is 3.87. The van der Waals surface area contributed by atoms with Crippen LogP contribution in [0.1, 0.15) is 54.2 Å². The Morgan fingerprint density at radius 3 is 2.64 bits per heavy atom. The number of hydrogen-bond acceptors (Lipinski definition) is 3. The van der Waals surface area contributed by atoms with Crippen LogP contribution in [0.2, 0.25) is 0 Å². The first kappa shape index (κ1) is 15.9. The number of H-pyrrole nitrogens is 1. The van der Waals surface area contributed by atoms with Gasteiger partial charge in [0.25, 0.3) is 0 Å². The summed E-state index contributed by atoms with van der Waals surface area (Å²) in [6.07, 6.45) is 5.81. The number of nitrogens with one attached hydrogen (secondary N) is 1. The number of aromatic nitrogens is 3. The van der Waals surface area contributed by atoms with Crippen LogP contribution in [0, 0.1) is 5.82 Å². The van der Waals surface area contributed by atoms with Gasteiger partial charge in [0.2, 0.25) is 0 Å². The number of halogens is 1. The lowest BCUT2D eigenvalue weighted by Crippen LogP contribution is -2.10. The van der Waals surface area contributed by atoms with Gasteiger partial charge in [-0.15, -0.1) is 0 Å². The Kier molecular flexibility index (Phi) is 4.03. The Hall–Kier alpha value is -2.63. The molecule has 0 saturated heterocycles. The number of ether oxygens (including phenoxy) is 1. The molecular formula is C19H20FN3O2. The van der Waals surface area contributed by atoms with Gasteiger partial charge in [-0.25, -0.2) is 18.7 Å².